The summed E-state index contributed by atoms with van der Waals surface area (Å²) >= 11 is 1.70. The number of rotatable bonds is 5. The molecule has 17 heavy (non-hydrogen) atoms. The Labute approximate surface area is 106 Å². The highest BCUT2D eigenvalue weighted by molar-refractivity contribution is 7.09. The van der Waals surface area contributed by atoms with Gasteiger partial charge in [-0.3, -0.25) is 4.68 Å². The first-order chi connectivity index (χ1) is 8.20. The van der Waals surface area contributed by atoms with E-state index in [1.165, 1.54) is 5.56 Å². The van der Waals surface area contributed by atoms with Gasteiger partial charge in [-0.1, -0.05) is 6.92 Å². The van der Waals surface area contributed by atoms with Crippen molar-refractivity contribution in [2.75, 3.05) is 6.54 Å². The lowest BCUT2D eigenvalue weighted by Crippen LogP contribution is -2.22. The monoisotopic (exact) mass is 250 g/mol. The second-order valence-electron chi connectivity index (χ2n) is 4.16. The molecule has 0 aliphatic carbocycles. The molecule has 0 aliphatic heterocycles. The van der Waals surface area contributed by atoms with Crippen LogP contribution in [0.4, 0.5) is 0 Å². The molecule has 0 aliphatic rings. The lowest BCUT2D eigenvalue weighted by Gasteiger charge is -2.14. The van der Waals surface area contributed by atoms with Gasteiger partial charge in [-0.05, 0) is 19.9 Å². The van der Waals surface area contributed by atoms with Crippen molar-refractivity contribution in [2.45, 2.75) is 26.3 Å². The first-order valence-electron chi connectivity index (χ1n) is 5.84. The Balaban J connectivity index is 2.24. The van der Waals surface area contributed by atoms with Gasteiger partial charge in [0.2, 0.25) is 0 Å². The molecule has 1 unspecified atom stereocenters. The number of aromatic nitrogens is 3. The molecule has 0 saturated heterocycles. The SMILES string of the molecule is CCCNC(c1cnn(C)c1)c1nc(C)cs1. The number of aryl methyl sites for hydroxylation is 2. The third-order valence-electron chi connectivity index (χ3n) is 2.54. The van der Waals surface area contributed by atoms with E-state index in [2.05, 4.69) is 27.7 Å². The summed E-state index contributed by atoms with van der Waals surface area (Å²) in [4.78, 5) is 4.57. The van der Waals surface area contributed by atoms with Gasteiger partial charge in [0.05, 0.1) is 12.2 Å². The fourth-order valence-electron chi connectivity index (χ4n) is 1.73. The van der Waals surface area contributed by atoms with Gasteiger partial charge in [0.15, 0.2) is 0 Å². The number of thiazole rings is 1. The molecule has 0 fully saturated rings. The molecule has 2 rings (SSSR count). The van der Waals surface area contributed by atoms with E-state index >= 15 is 0 Å². The molecule has 2 heterocycles. The number of nitrogens with zero attached hydrogens (tertiary/aromatic N) is 3. The second-order valence-corrected chi connectivity index (χ2v) is 5.05. The molecule has 0 saturated carbocycles. The van der Waals surface area contributed by atoms with Gasteiger partial charge in [-0.25, -0.2) is 4.98 Å². The minimum atomic E-state index is 0.169. The summed E-state index contributed by atoms with van der Waals surface area (Å²) in [5.74, 6) is 0. The van der Waals surface area contributed by atoms with Crippen molar-refractivity contribution < 1.29 is 0 Å². The van der Waals surface area contributed by atoms with Crippen LogP contribution < -0.4 is 5.32 Å². The maximum Gasteiger partial charge on any atom is 0.114 e. The Morgan fingerprint density at radius 3 is 2.88 bits per heavy atom. The molecule has 92 valence electrons. The molecule has 0 amide bonds. The third-order valence-corrected chi connectivity index (χ3v) is 3.57. The topological polar surface area (TPSA) is 42.7 Å². The zero-order valence-electron chi connectivity index (χ0n) is 10.5. The van der Waals surface area contributed by atoms with E-state index in [-0.39, 0.29) is 6.04 Å². The number of nitrogens with one attached hydrogen (secondary N) is 1. The molecule has 5 heteroatoms. The van der Waals surface area contributed by atoms with E-state index in [0.29, 0.717) is 0 Å². The molecule has 2 aromatic heterocycles. The Morgan fingerprint density at radius 1 is 1.53 bits per heavy atom. The smallest absolute Gasteiger partial charge is 0.114 e. The molecular formula is C12H18N4S. The van der Waals surface area contributed by atoms with Crippen LogP contribution in [0.5, 0.6) is 0 Å². The zero-order chi connectivity index (χ0) is 12.3. The van der Waals surface area contributed by atoms with Gasteiger partial charge in [0.25, 0.3) is 0 Å². The quantitative estimate of drug-likeness (QED) is 0.885. The average molecular weight is 250 g/mol. The molecule has 4 nitrogen and oxygen atoms in total. The highest BCUT2D eigenvalue weighted by Crippen LogP contribution is 2.24. The van der Waals surface area contributed by atoms with Crippen molar-refractivity contribution in [3.63, 3.8) is 0 Å². The summed E-state index contributed by atoms with van der Waals surface area (Å²) in [7, 11) is 1.94. The van der Waals surface area contributed by atoms with Crippen LogP contribution in [0.3, 0.4) is 0 Å². The first-order valence-corrected chi connectivity index (χ1v) is 6.72. The Hall–Kier alpha value is -1.20. The van der Waals surface area contributed by atoms with Crippen molar-refractivity contribution in [3.8, 4) is 0 Å². The van der Waals surface area contributed by atoms with E-state index in [0.717, 1.165) is 23.7 Å². The predicted molar refractivity (Wildman–Crippen MR) is 70.2 cm³/mol. The maximum atomic E-state index is 4.57. The molecule has 0 aromatic carbocycles. The van der Waals surface area contributed by atoms with Crippen LogP contribution in [0, 0.1) is 6.92 Å². The van der Waals surface area contributed by atoms with Crippen molar-refractivity contribution in [2.24, 2.45) is 7.05 Å². The molecular weight excluding hydrogens is 232 g/mol. The Morgan fingerprint density at radius 2 is 2.35 bits per heavy atom. The molecule has 0 radical (unpaired) electrons. The van der Waals surface area contributed by atoms with E-state index in [1.54, 1.807) is 11.3 Å². The van der Waals surface area contributed by atoms with E-state index in [1.807, 2.05) is 31.0 Å². The van der Waals surface area contributed by atoms with Crippen LogP contribution in [-0.2, 0) is 7.05 Å². The van der Waals surface area contributed by atoms with Gasteiger partial charge >= 0.3 is 0 Å². The predicted octanol–water partition coefficient (Wildman–Crippen LogP) is 2.27. The average Bonchev–Trinajstić information content (AvgIpc) is 2.89. The molecule has 1 atom stereocenters. The number of hydrogen-bond acceptors (Lipinski definition) is 4. The van der Waals surface area contributed by atoms with Gasteiger partial charge in [0.1, 0.15) is 5.01 Å². The standard InChI is InChI=1S/C12H18N4S/c1-4-5-13-11(10-6-14-16(3)7-10)12-15-9(2)8-17-12/h6-8,11,13H,4-5H2,1-3H3. The summed E-state index contributed by atoms with van der Waals surface area (Å²) in [6, 6.07) is 0.169. The van der Waals surface area contributed by atoms with Gasteiger partial charge < -0.3 is 5.32 Å². The summed E-state index contributed by atoms with van der Waals surface area (Å²) in [5, 5.41) is 11.0. The van der Waals surface area contributed by atoms with Crippen LogP contribution in [-0.4, -0.2) is 21.3 Å². The van der Waals surface area contributed by atoms with Crippen molar-refractivity contribution in [1.29, 1.82) is 0 Å². The summed E-state index contributed by atoms with van der Waals surface area (Å²) < 4.78 is 1.83. The molecule has 2 aromatic rings. The molecule has 0 bridgehead atoms. The minimum absolute atomic E-state index is 0.169. The van der Waals surface area contributed by atoms with Crippen molar-refractivity contribution in [1.82, 2.24) is 20.1 Å². The fourth-order valence-corrected chi connectivity index (χ4v) is 2.63. The van der Waals surface area contributed by atoms with Gasteiger partial charge in [-0.2, -0.15) is 5.10 Å². The summed E-state index contributed by atoms with van der Waals surface area (Å²) in [6.07, 6.45) is 5.06. The van der Waals surface area contributed by atoms with Crippen LogP contribution in [0.1, 0.15) is 35.7 Å². The van der Waals surface area contributed by atoms with Gasteiger partial charge in [0, 0.05) is 29.9 Å². The maximum absolute atomic E-state index is 4.57. The zero-order valence-corrected chi connectivity index (χ0v) is 11.3. The largest absolute Gasteiger partial charge is 0.304 e. The second kappa shape index (κ2) is 5.42. The highest BCUT2D eigenvalue weighted by atomic mass is 32.1. The summed E-state index contributed by atoms with van der Waals surface area (Å²) in [5.41, 5.74) is 2.26. The lowest BCUT2D eigenvalue weighted by molar-refractivity contribution is 0.594. The van der Waals surface area contributed by atoms with E-state index in [9.17, 15) is 0 Å². The van der Waals surface area contributed by atoms with Crippen LogP contribution in [0.2, 0.25) is 0 Å². The normalized spacial score (nSPS) is 12.9. The van der Waals surface area contributed by atoms with Crippen LogP contribution in [0.25, 0.3) is 0 Å². The van der Waals surface area contributed by atoms with Crippen molar-refractivity contribution >= 4 is 11.3 Å². The first kappa shape index (κ1) is 12.3. The van der Waals surface area contributed by atoms with E-state index < -0.39 is 0 Å². The number of hydrogen-bond donors (Lipinski definition) is 1. The minimum Gasteiger partial charge on any atom is -0.304 e. The fraction of sp³-hybridized carbons (Fsp3) is 0.500. The Kier molecular flexibility index (Phi) is 3.91. The van der Waals surface area contributed by atoms with Gasteiger partial charge in [-0.15, -0.1) is 11.3 Å². The molecule has 1 N–H and O–H groups in total. The summed E-state index contributed by atoms with van der Waals surface area (Å²) in [6.45, 7) is 5.18. The van der Waals surface area contributed by atoms with E-state index in [4.69, 9.17) is 0 Å². The Bertz CT molecular complexity index is 434. The third kappa shape index (κ3) is 2.92. The highest BCUT2D eigenvalue weighted by Gasteiger charge is 2.17. The molecule has 0 spiro atoms. The lowest BCUT2D eigenvalue weighted by atomic mass is 10.1. The van der Waals surface area contributed by atoms with Crippen LogP contribution >= 0.6 is 11.3 Å². The van der Waals surface area contributed by atoms with Crippen LogP contribution in [0.15, 0.2) is 17.8 Å². The van der Waals surface area contributed by atoms with Crippen molar-refractivity contribution in [3.05, 3.63) is 34.0 Å².